The Morgan fingerprint density at radius 3 is 2.76 bits per heavy atom. The van der Waals surface area contributed by atoms with E-state index in [9.17, 15) is 5.11 Å². The molecule has 5 rings (SSSR count). The monoisotopic (exact) mass is 346 g/mol. The third kappa shape index (κ3) is 1.65. The Bertz CT molecular complexity index is 681. The topological polar surface area (TPSA) is 51.2 Å². The van der Waals surface area contributed by atoms with Gasteiger partial charge in [0.05, 0.1) is 18.8 Å². The molecule has 5 aliphatic rings. The summed E-state index contributed by atoms with van der Waals surface area (Å²) >= 11 is 0. The van der Waals surface area contributed by atoms with E-state index in [0.717, 1.165) is 25.0 Å². The molecule has 0 bridgehead atoms. The van der Waals surface area contributed by atoms with Crippen LogP contribution in [0, 0.1) is 23.2 Å². The van der Waals surface area contributed by atoms with Gasteiger partial charge in [-0.25, -0.2) is 0 Å². The van der Waals surface area contributed by atoms with Crippen molar-refractivity contribution in [3.05, 3.63) is 23.5 Å². The summed E-state index contributed by atoms with van der Waals surface area (Å²) < 4.78 is 18.7. The number of hydrogen-bond donors (Lipinski definition) is 1. The van der Waals surface area contributed by atoms with Gasteiger partial charge in [0.2, 0.25) is 0 Å². The van der Waals surface area contributed by atoms with E-state index < -0.39 is 11.7 Å². The first-order chi connectivity index (χ1) is 11.8. The molecule has 1 N–H and O–H groups in total. The van der Waals surface area contributed by atoms with E-state index in [1.54, 1.807) is 0 Å². The Morgan fingerprint density at radius 2 is 2.04 bits per heavy atom. The van der Waals surface area contributed by atoms with E-state index in [4.69, 9.17) is 14.2 Å². The predicted molar refractivity (Wildman–Crippen MR) is 93.9 cm³/mol. The van der Waals surface area contributed by atoms with E-state index in [1.807, 2.05) is 0 Å². The van der Waals surface area contributed by atoms with Gasteiger partial charge in [-0.1, -0.05) is 27.4 Å². The number of rotatable bonds is 1. The van der Waals surface area contributed by atoms with Crippen molar-refractivity contribution in [2.45, 2.75) is 70.4 Å². The van der Waals surface area contributed by atoms with Crippen LogP contribution in [0.1, 0.15) is 47.0 Å². The molecule has 1 saturated carbocycles. The SMILES string of the molecule is C=C1OCC2=C1CCC1(C)C2COC2(C)C(O)C(C(C)C)CC3OC312. The average Bonchev–Trinajstić information content (AvgIpc) is 3.20. The maximum Gasteiger partial charge on any atom is 0.132 e. The van der Waals surface area contributed by atoms with Crippen LogP contribution >= 0.6 is 0 Å². The van der Waals surface area contributed by atoms with Gasteiger partial charge < -0.3 is 19.3 Å². The Morgan fingerprint density at radius 1 is 1.28 bits per heavy atom. The molecular weight excluding hydrogens is 316 g/mol. The van der Waals surface area contributed by atoms with E-state index in [1.165, 1.54) is 11.1 Å². The number of allylic oxidation sites excluding steroid dienone is 1. The van der Waals surface area contributed by atoms with Crippen LogP contribution < -0.4 is 0 Å². The summed E-state index contributed by atoms with van der Waals surface area (Å²) in [5, 5.41) is 11.3. The Kier molecular flexibility index (Phi) is 3.08. The van der Waals surface area contributed by atoms with Crippen molar-refractivity contribution in [1.29, 1.82) is 0 Å². The van der Waals surface area contributed by atoms with E-state index in [2.05, 4.69) is 34.3 Å². The Hall–Kier alpha value is -0.840. The van der Waals surface area contributed by atoms with E-state index in [-0.39, 0.29) is 23.0 Å². The maximum absolute atomic E-state index is 11.3. The molecule has 0 aromatic rings. The van der Waals surface area contributed by atoms with E-state index in [0.29, 0.717) is 25.0 Å². The van der Waals surface area contributed by atoms with Crippen LogP contribution in [0.2, 0.25) is 0 Å². The van der Waals surface area contributed by atoms with Gasteiger partial charge in [-0.2, -0.15) is 0 Å². The zero-order valence-corrected chi connectivity index (χ0v) is 15.8. The van der Waals surface area contributed by atoms with Crippen molar-refractivity contribution in [3.63, 3.8) is 0 Å². The number of fused-ring (bicyclic) bond motifs is 2. The largest absolute Gasteiger partial charge is 0.490 e. The molecule has 2 saturated heterocycles. The minimum absolute atomic E-state index is 0.0135. The molecule has 2 aliphatic carbocycles. The third-order valence-electron chi connectivity index (χ3n) is 8.38. The molecule has 3 heterocycles. The van der Waals surface area contributed by atoms with Crippen LogP contribution in [-0.4, -0.2) is 41.7 Å². The summed E-state index contributed by atoms with van der Waals surface area (Å²) in [7, 11) is 0. The molecule has 1 spiro atoms. The van der Waals surface area contributed by atoms with Gasteiger partial charge in [0.15, 0.2) is 0 Å². The molecule has 0 radical (unpaired) electrons. The molecule has 0 aromatic heterocycles. The second kappa shape index (κ2) is 4.71. The summed E-state index contributed by atoms with van der Waals surface area (Å²) in [4.78, 5) is 0. The highest BCUT2D eigenvalue weighted by atomic mass is 16.7. The zero-order chi connectivity index (χ0) is 17.8. The van der Waals surface area contributed by atoms with Crippen molar-refractivity contribution in [1.82, 2.24) is 0 Å². The fraction of sp³-hybridized carbons (Fsp3) is 0.810. The van der Waals surface area contributed by atoms with Crippen LogP contribution in [-0.2, 0) is 14.2 Å². The van der Waals surface area contributed by atoms with Crippen LogP contribution in [0.4, 0.5) is 0 Å². The van der Waals surface area contributed by atoms with Crippen molar-refractivity contribution in [2.75, 3.05) is 13.2 Å². The molecule has 138 valence electrons. The van der Waals surface area contributed by atoms with Gasteiger partial charge in [-0.15, -0.1) is 0 Å². The van der Waals surface area contributed by atoms with Gasteiger partial charge >= 0.3 is 0 Å². The number of aliphatic hydroxyl groups excluding tert-OH is 1. The van der Waals surface area contributed by atoms with Crippen LogP contribution in [0.3, 0.4) is 0 Å². The average molecular weight is 346 g/mol. The highest BCUT2D eigenvalue weighted by Crippen LogP contribution is 2.72. The summed E-state index contributed by atoms with van der Waals surface area (Å²) in [5.74, 6) is 1.81. The third-order valence-corrected chi connectivity index (χ3v) is 8.38. The van der Waals surface area contributed by atoms with Crippen LogP contribution in [0.25, 0.3) is 0 Å². The van der Waals surface area contributed by atoms with Gasteiger partial charge in [0.1, 0.15) is 23.6 Å². The molecule has 7 unspecified atom stereocenters. The van der Waals surface area contributed by atoms with Gasteiger partial charge in [-0.3, -0.25) is 0 Å². The van der Waals surface area contributed by atoms with Gasteiger partial charge in [0, 0.05) is 11.3 Å². The van der Waals surface area contributed by atoms with Crippen molar-refractivity contribution in [3.8, 4) is 0 Å². The number of epoxide rings is 1. The standard InChI is InChI=1S/C21H30O4/c1-11(2)14-8-17-21(25-17)19(4)7-6-13-12(3)23-9-15(13)16(19)10-24-20(21,5)18(14)22/h11,14,16-18,22H,3,6-10H2,1-2,4-5H3. The first-order valence-electron chi connectivity index (χ1n) is 9.80. The van der Waals surface area contributed by atoms with E-state index >= 15 is 0 Å². The minimum atomic E-state index is -0.620. The molecule has 3 aliphatic heterocycles. The fourth-order valence-electron chi connectivity index (χ4n) is 6.80. The zero-order valence-electron chi connectivity index (χ0n) is 15.8. The molecule has 3 fully saturated rings. The van der Waals surface area contributed by atoms with Gasteiger partial charge in [-0.05, 0) is 49.2 Å². The Balaban J connectivity index is 1.58. The normalized spacial score (nSPS) is 53.8. The first-order valence-corrected chi connectivity index (χ1v) is 9.80. The lowest BCUT2D eigenvalue weighted by Gasteiger charge is -2.60. The second-order valence-corrected chi connectivity index (χ2v) is 9.53. The fourth-order valence-corrected chi connectivity index (χ4v) is 6.80. The lowest BCUT2D eigenvalue weighted by Crippen LogP contribution is -2.72. The van der Waals surface area contributed by atoms with Crippen LogP contribution in [0.5, 0.6) is 0 Å². The summed E-state index contributed by atoms with van der Waals surface area (Å²) in [6.07, 6.45) is 2.71. The summed E-state index contributed by atoms with van der Waals surface area (Å²) in [6, 6.07) is 0. The first kappa shape index (κ1) is 16.3. The maximum atomic E-state index is 11.3. The Labute approximate surface area is 150 Å². The highest BCUT2D eigenvalue weighted by molar-refractivity contribution is 5.43. The van der Waals surface area contributed by atoms with Gasteiger partial charge in [0.25, 0.3) is 0 Å². The molecular formula is C21H30O4. The second-order valence-electron chi connectivity index (χ2n) is 9.53. The van der Waals surface area contributed by atoms with Crippen molar-refractivity contribution >= 4 is 0 Å². The smallest absolute Gasteiger partial charge is 0.132 e. The molecule has 4 nitrogen and oxygen atoms in total. The lowest BCUT2D eigenvalue weighted by atomic mass is 9.49. The predicted octanol–water partition coefficient (Wildman–Crippen LogP) is 3.21. The van der Waals surface area contributed by atoms with Crippen molar-refractivity contribution < 1.29 is 19.3 Å². The van der Waals surface area contributed by atoms with Crippen LogP contribution in [0.15, 0.2) is 23.5 Å². The summed E-state index contributed by atoms with van der Waals surface area (Å²) in [6.45, 7) is 14.2. The molecule has 7 atom stereocenters. The number of aliphatic hydroxyl groups is 1. The number of ether oxygens (including phenoxy) is 3. The molecule has 25 heavy (non-hydrogen) atoms. The highest BCUT2D eigenvalue weighted by Gasteiger charge is 2.83. The summed E-state index contributed by atoms with van der Waals surface area (Å²) in [5.41, 5.74) is 1.67. The minimum Gasteiger partial charge on any atom is -0.490 e. The number of hydrogen-bond acceptors (Lipinski definition) is 4. The quantitative estimate of drug-likeness (QED) is 0.741. The molecule has 0 amide bonds. The van der Waals surface area contributed by atoms with Crippen molar-refractivity contribution in [2.24, 2.45) is 23.2 Å². The molecule has 4 heteroatoms. The molecule has 0 aromatic carbocycles. The lowest BCUT2D eigenvalue weighted by molar-refractivity contribution is -0.255.